The molecule has 0 bridgehead atoms. The van der Waals surface area contributed by atoms with Crippen LogP contribution in [0.5, 0.6) is 0 Å². The second-order valence-corrected chi connectivity index (χ2v) is 8.30. The molecule has 146 valence electrons. The summed E-state index contributed by atoms with van der Waals surface area (Å²) >= 11 is 5.77. The molecule has 0 heterocycles. The van der Waals surface area contributed by atoms with Gasteiger partial charge >= 0.3 is 19.6 Å². The zero-order valence-corrected chi connectivity index (χ0v) is 16.3. The quantitative estimate of drug-likeness (QED) is 0.368. The van der Waals surface area contributed by atoms with Crippen LogP contribution in [0.4, 0.5) is 4.79 Å². The van der Waals surface area contributed by atoms with Crippen LogP contribution in [0.15, 0.2) is 24.3 Å². The molecule has 1 atom stereocenters. The van der Waals surface area contributed by atoms with Crippen LogP contribution in [0.3, 0.4) is 0 Å². The number of carboxylic acids is 1. The second-order valence-electron chi connectivity index (χ2n) is 6.42. The number of carboxylic acid groups (broad SMARTS) is 1. The summed E-state index contributed by atoms with van der Waals surface area (Å²) in [6, 6.07) is 4.94. The fourth-order valence-corrected chi connectivity index (χ4v) is 3.24. The van der Waals surface area contributed by atoms with E-state index in [-0.39, 0.29) is 24.8 Å². The van der Waals surface area contributed by atoms with Crippen LogP contribution in [0.25, 0.3) is 0 Å². The van der Waals surface area contributed by atoms with Gasteiger partial charge in [0.25, 0.3) is 0 Å². The fourth-order valence-electron chi connectivity index (χ4n) is 2.38. The van der Waals surface area contributed by atoms with Gasteiger partial charge in [0.05, 0.1) is 0 Å². The highest BCUT2D eigenvalue weighted by molar-refractivity contribution is 7.51. The molecule has 1 aromatic carbocycles. The predicted molar refractivity (Wildman–Crippen MR) is 98.1 cm³/mol. The third kappa shape index (κ3) is 8.19. The van der Waals surface area contributed by atoms with Gasteiger partial charge in [0.1, 0.15) is 12.3 Å². The first-order valence-corrected chi connectivity index (χ1v) is 10.3. The van der Waals surface area contributed by atoms with E-state index in [1.54, 1.807) is 38.1 Å². The van der Waals surface area contributed by atoms with Crippen LogP contribution in [-0.4, -0.2) is 50.7 Å². The highest BCUT2D eigenvalue weighted by atomic mass is 35.5. The number of amides is 2. The summed E-state index contributed by atoms with van der Waals surface area (Å²) in [4.78, 5) is 43.1. The van der Waals surface area contributed by atoms with Gasteiger partial charge in [-0.1, -0.05) is 38.1 Å². The number of nitrogens with zero attached hydrogens (tertiary/aromatic N) is 1. The smallest absolute Gasteiger partial charge is 0.344 e. The van der Waals surface area contributed by atoms with Crippen LogP contribution in [0.1, 0.15) is 25.0 Å². The Bertz CT molecular complexity index is 678. The van der Waals surface area contributed by atoms with E-state index in [1.165, 1.54) is 0 Å². The van der Waals surface area contributed by atoms with Crippen LogP contribution in [0, 0.1) is 5.92 Å². The first-order chi connectivity index (χ1) is 12.0. The molecule has 0 aromatic heterocycles. The maximum absolute atomic E-state index is 12.4. The number of rotatable bonds is 9. The molecular weight excluding hydrogens is 383 g/mol. The van der Waals surface area contributed by atoms with E-state index in [2.05, 4.69) is 5.32 Å². The summed E-state index contributed by atoms with van der Waals surface area (Å²) in [5.74, 6) is -1.01. The van der Waals surface area contributed by atoms with Crippen molar-refractivity contribution in [1.29, 1.82) is 0 Å². The maximum Gasteiger partial charge on any atom is 0.344 e. The van der Waals surface area contributed by atoms with E-state index >= 15 is 0 Å². The minimum Gasteiger partial charge on any atom is -0.480 e. The van der Waals surface area contributed by atoms with Gasteiger partial charge in [-0.15, -0.1) is 11.6 Å². The van der Waals surface area contributed by atoms with E-state index in [1.807, 2.05) is 0 Å². The molecule has 8 nitrogen and oxygen atoms in total. The van der Waals surface area contributed by atoms with Gasteiger partial charge in [0.2, 0.25) is 0 Å². The summed E-state index contributed by atoms with van der Waals surface area (Å²) < 4.78 is 11.3. The summed E-state index contributed by atoms with van der Waals surface area (Å²) in [6.45, 7) is 3.66. The highest BCUT2D eigenvalue weighted by Crippen LogP contribution is 2.35. The lowest BCUT2D eigenvalue weighted by Crippen LogP contribution is -2.50. The molecule has 26 heavy (non-hydrogen) atoms. The highest BCUT2D eigenvalue weighted by Gasteiger charge is 2.28. The van der Waals surface area contributed by atoms with E-state index in [4.69, 9.17) is 21.4 Å². The molecule has 0 radical (unpaired) electrons. The first-order valence-electron chi connectivity index (χ1n) is 7.98. The Hall–Kier alpha value is -1.60. The molecule has 10 heteroatoms. The molecule has 1 rings (SSSR count). The molecule has 1 unspecified atom stereocenters. The summed E-state index contributed by atoms with van der Waals surface area (Å²) in [7, 11) is -4.47. The molecule has 0 fully saturated rings. The van der Waals surface area contributed by atoms with Crippen molar-refractivity contribution in [2.45, 2.75) is 32.2 Å². The summed E-state index contributed by atoms with van der Waals surface area (Å²) in [5.41, 5.74) is 1.50. The zero-order valence-electron chi connectivity index (χ0n) is 14.6. The second kappa shape index (κ2) is 9.92. The van der Waals surface area contributed by atoms with Crippen molar-refractivity contribution < 1.29 is 29.0 Å². The Morgan fingerprint density at radius 1 is 1.27 bits per heavy atom. The Morgan fingerprint density at radius 3 is 2.38 bits per heavy atom. The van der Waals surface area contributed by atoms with Crippen LogP contribution < -0.4 is 5.32 Å². The number of benzene rings is 1. The Labute approximate surface area is 157 Å². The minimum absolute atomic E-state index is 0.0250. The lowest BCUT2D eigenvalue weighted by atomic mass is 10.0. The molecule has 1 aromatic rings. The number of halogens is 1. The predicted octanol–water partition coefficient (Wildman–Crippen LogP) is 2.22. The Kier molecular flexibility index (Phi) is 8.56. The van der Waals surface area contributed by atoms with Crippen LogP contribution in [0.2, 0.25) is 0 Å². The molecule has 0 spiro atoms. The van der Waals surface area contributed by atoms with Crippen molar-refractivity contribution in [2.75, 3.05) is 12.8 Å². The Morgan fingerprint density at radius 2 is 1.88 bits per heavy atom. The van der Waals surface area contributed by atoms with Crippen molar-refractivity contribution >= 4 is 31.2 Å². The van der Waals surface area contributed by atoms with Crippen molar-refractivity contribution in [3.05, 3.63) is 35.4 Å². The van der Waals surface area contributed by atoms with Gasteiger partial charge in [-0.05, 0) is 17.0 Å². The third-order valence-corrected chi connectivity index (χ3v) is 4.43. The van der Waals surface area contributed by atoms with Gasteiger partial charge in [-0.25, -0.2) is 9.59 Å². The van der Waals surface area contributed by atoms with Crippen LogP contribution in [-0.2, 0) is 21.7 Å². The van der Waals surface area contributed by atoms with Gasteiger partial charge in [-0.2, -0.15) is 0 Å². The number of carbonyl (C=O) groups is 2. The molecule has 4 N–H and O–H groups in total. The van der Waals surface area contributed by atoms with E-state index < -0.39 is 31.9 Å². The maximum atomic E-state index is 12.4. The monoisotopic (exact) mass is 406 g/mol. The summed E-state index contributed by atoms with van der Waals surface area (Å²) in [6.07, 6.45) is -0.748. The van der Waals surface area contributed by atoms with Crippen molar-refractivity contribution in [2.24, 2.45) is 5.92 Å². The molecule has 0 aliphatic carbocycles. The standard InChI is InChI=1S/C16H24ClN2O6P/c1-11(2)9-19(10-26(23,24)25)16(22)18-14(15(20)21)7-12-4-3-5-13(6-12)8-17/h3-6,11,14H,7-10H2,1-2H3,(H,18,22)(H,20,21)(H2,23,24,25). The van der Waals surface area contributed by atoms with Gasteiger partial charge in [-0.3, -0.25) is 4.57 Å². The minimum atomic E-state index is -4.47. The Balaban J connectivity index is 2.90. The first kappa shape index (κ1) is 22.4. The lowest BCUT2D eigenvalue weighted by Gasteiger charge is -2.27. The van der Waals surface area contributed by atoms with Crippen LogP contribution >= 0.6 is 19.2 Å². The SMILES string of the molecule is CC(C)CN(CP(=O)(O)O)C(=O)NC(Cc1cccc(CCl)c1)C(=O)O. The molecule has 0 aliphatic heterocycles. The largest absolute Gasteiger partial charge is 0.480 e. The van der Waals surface area contributed by atoms with Crippen molar-refractivity contribution in [3.8, 4) is 0 Å². The normalized spacial score (nSPS) is 12.7. The summed E-state index contributed by atoms with van der Waals surface area (Å²) in [5, 5.41) is 11.7. The van der Waals surface area contributed by atoms with E-state index in [0.29, 0.717) is 5.56 Å². The number of alkyl halides is 1. The van der Waals surface area contributed by atoms with E-state index in [9.17, 15) is 19.3 Å². The van der Waals surface area contributed by atoms with Gasteiger partial charge < -0.3 is 25.1 Å². The average molecular weight is 407 g/mol. The van der Waals surface area contributed by atoms with Gasteiger partial charge in [0.15, 0.2) is 0 Å². The fraction of sp³-hybridized carbons (Fsp3) is 0.500. The molecule has 0 saturated heterocycles. The van der Waals surface area contributed by atoms with Gasteiger partial charge in [0, 0.05) is 18.8 Å². The number of hydrogen-bond acceptors (Lipinski definition) is 3. The van der Waals surface area contributed by atoms with Crippen molar-refractivity contribution in [1.82, 2.24) is 10.2 Å². The van der Waals surface area contributed by atoms with E-state index in [0.717, 1.165) is 10.5 Å². The zero-order chi connectivity index (χ0) is 19.9. The number of nitrogens with one attached hydrogen (secondary N) is 1. The number of carbonyl (C=O) groups excluding carboxylic acids is 1. The molecular formula is C16H24ClN2O6P. The topological polar surface area (TPSA) is 127 Å². The molecule has 2 amide bonds. The van der Waals surface area contributed by atoms with Crippen molar-refractivity contribution in [3.63, 3.8) is 0 Å². The number of aliphatic carboxylic acids is 1. The lowest BCUT2D eigenvalue weighted by molar-refractivity contribution is -0.139. The average Bonchev–Trinajstić information content (AvgIpc) is 2.51. The molecule has 0 aliphatic rings. The third-order valence-electron chi connectivity index (χ3n) is 3.41. The molecule has 0 saturated carbocycles. The number of urea groups is 1. The number of hydrogen-bond donors (Lipinski definition) is 4.